The van der Waals surface area contributed by atoms with E-state index in [4.69, 9.17) is 18.9 Å². The molecule has 0 radical (unpaired) electrons. The minimum atomic E-state index is -0.616. The fourth-order valence-corrected chi connectivity index (χ4v) is 7.53. The molecular weight excluding hydrogens is 608 g/mol. The topological polar surface area (TPSA) is 125 Å². The quantitative estimate of drug-likeness (QED) is 0.0898. The molecule has 0 aromatic carbocycles. The van der Waals surface area contributed by atoms with Gasteiger partial charge in [0, 0.05) is 37.3 Å². The lowest BCUT2D eigenvalue weighted by molar-refractivity contribution is -0.140. The Hall–Kier alpha value is -3.92. The number of rotatable bonds is 13. The van der Waals surface area contributed by atoms with Gasteiger partial charge in [-0.2, -0.15) is 10.5 Å². The van der Waals surface area contributed by atoms with Gasteiger partial charge in [0.25, 0.3) is 0 Å². The normalized spacial score (nSPS) is 22.6. The molecule has 0 saturated carbocycles. The maximum atomic E-state index is 13.1. The fourth-order valence-electron chi connectivity index (χ4n) is 7.53. The minimum Gasteiger partial charge on any atom is -0.495 e. The standard InChI is InChI=1S/C38H54N4O6/c1-37(2)21-27(33(45-5)31(23-37)41-15-9-10-16-41)29(25-39)35(43)47-19-13-7-8-14-20-48-36(44)30(26-40)28-22-38(3,4)24-32(34(28)46-6)42-17-11-12-18-42/h7-24H2,1-6H3/b29-27+,30-28+. The van der Waals surface area contributed by atoms with E-state index in [0.29, 0.717) is 48.3 Å². The van der Waals surface area contributed by atoms with Crippen LogP contribution in [0.2, 0.25) is 0 Å². The molecule has 0 bridgehead atoms. The van der Waals surface area contributed by atoms with Crippen molar-refractivity contribution in [2.24, 2.45) is 10.8 Å². The van der Waals surface area contributed by atoms with Crippen LogP contribution in [-0.4, -0.2) is 75.4 Å². The highest BCUT2D eigenvalue weighted by Gasteiger charge is 2.39. The number of ether oxygens (including phenoxy) is 4. The number of esters is 2. The SMILES string of the molecule is COC1=C(N2CCCC2)CC(C)(C)C/C1=C(/C#N)C(=O)OCCCCCCOC(=O)/C(C#N)=C1\CC(C)(C)CC(N2CCCC2)=C1OC. The molecule has 10 heteroatoms. The Bertz CT molecular complexity index is 1320. The number of carbonyl (C=O) groups excluding carboxylic acids is 2. The first-order chi connectivity index (χ1) is 22.9. The van der Waals surface area contributed by atoms with Crippen molar-refractivity contribution < 1.29 is 28.5 Å². The number of likely N-dealkylation sites (tertiary alicyclic amines) is 2. The average molecular weight is 663 g/mol. The van der Waals surface area contributed by atoms with Crippen molar-refractivity contribution in [3.05, 3.63) is 45.2 Å². The summed E-state index contributed by atoms with van der Waals surface area (Å²) in [5.41, 5.74) is 3.23. The summed E-state index contributed by atoms with van der Waals surface area (Å²) < 4.78 is 22.7. The van der Waals surface area contributed by atoms with E-state index in [2.05, 4.69) is 49.6 Å². The van der Waals surface area contributed by atoms with Crippen LogP contribution >= 0.6 is 0 Å². The molecule has 2 heterocycles. The Morgan fingerprint density at radius 2 is 0.979 bits per heavy atom. The third-order valence-corrected chi connectivity index (χ3v) is 9.80. The second-order valence-corrected chi connectivity index (χ2v) is 15.0. The zero-order chi connectivity index (χ0) is 34.9. The lowest BCUT2D eigenvalue weighted by atomic mass is 9.74. The van der Waals surface area contributed by atoms with Gasteiger partial charge in [0.05, 0.1) is 38.8 Å². The first-order valence-electron chi connectivity index (χ1n) is 17.6. The third kappa shape index (κ3) is 8.95. The van der Waals surface area contributed by atoms with Gasteiger partial charge in [-0.15, -0.1) is 0 Å². The van der Waals surface area contributed by atoms with Crippen LogP contribution < -0.4 is 0 Å². The second-order valence-electron chi connectivity index (χ2n) is 15.0. The van der Waals surface area contributed by atoms with E-state index in [1.807, 2.05) is 0 Å². The smallest absolute Gasteiger partial charge is 0.349 e. The number of allylic oxidation sites excluding steroid dienone is 4. The first-order valence-corrected chi connectivity index (χ1v) is 17.6. The van der Waals surface area contributed by atoms with Crippen LogP contribution in [0.15, 0.2) is 45.2 Å². The zero-order valence-electron chi connectivity index (χ0n) is 30.0. The van der Waals surface area contributed by atoms with Crippen molar-refractivity contribution in [2.45, 2.75) is 105 Å². The molecule has 4 aliphatic rings. The fraction of sp³-hybridized carbons (Fsp3) is 0.684. The van der Waals surface area contributed by atoms with Crippen LogP contribution in [0.1, 0.15) is 105 Å². The Balaban J connectivity index is 1.28. The van der Waals surface area contributed by atoms with Gasteiger partial charge in [-0.1, -0.05) is 27.7 Å². The largest absolute Gasteiger partial charge is 0.495 e. The molecule has 0 aromatic heterocycles. The van der Waals surface area contributed by atoms with Crippen LogP contribution in [0, 0.1) is 33.5 Å². The summed E-state index contributed by atoms with van der Waals surface area (Å²) >= 11 is 0. The zero-order valence-corrected chi connectivity index (χ0v) is 30.0. The van der Waals surface area contributed by atoms with Gasteiger partial charge in [-0.3, -0.25) is 0 Å². The Labute approximate surface area is 287 Å². The number of methoxy groups -OCH3 is 2. The van der Waals surface area contributed by atoms with E-state index in [1.54, 1.807) is 14.2 Å². The van der Waals surface area contributed by atoms with Crippen molar-refractivity contribution in [3.8, 4) is 12.1 Å². The van der Waals surface area contributed by atoms with E-state index in [-0.39, 0.29) is 35.2 Å². The summed E-state index contributed by atoms with van der Waals surface area (Å²) in [6.07, 6.45) is 10.1. The molecule has 2 aliphatic carbocycles. The van der Waals surface area contributed by atoms with Gasteiger partial charge in [-0.25, -0.2) is 9.59 Å². The summed E-state index contributed by atoms with van der Waals surface area (Å²) in [6.45, 7) is 12.8. The Kier molecular flexibility index (Phi) is 12.7. The van der Waals surface area contributed by atoms with Gasteiger partial charge >= 0.3 is 11.9 Å². The molecular formula is C38H54N4O6. The van der Waals surface area contributed by atoms with Crippen molar-refractivity contribution in [3.63, 3.8) is 0 Å². The average Bonchev–Trinajstić information content (AvgIpc) is 3.77. The summed E-state index contributed by atoms with van der Waals surface area (Å²) in [5, 5.41) is 20.0. The highest BCUT2D eigenvalue weighted by Crippen LogP contribution is 2.46. The molecule has 262 valence electrons. The number of nitriles is 2. The lowest BCUT2D eigenvalue weighted by Crippen LogP contribution is -2.31. The maximum absolute atomic E-state index is 13.1. The number of unbranched alkanes of at least 4 members (excludes halogenated alkanes) is 3. The molecule has 2 fully saturated rings. The summed E-state index contributed by atoms with van der Waals surface area (Å²) in [5.74, 6) is 0.0518. The van der Waals surface area contributed by atoms with Gasteiger partial charge in [0.2, 0.25) is 0 Å². The van der Waals surface area contributed by atoms with Crippen molar-refractivity contribution in [1.82, 2.24) is 9.80 Å². The van der Waals surface area contributed by atoms with E-state index >= 15 is 0 Å². The predicted octanol–water partition coefficient (Wildman–Crippen LogP) is 6.82. The van der Waals surface area contributed by atoms with Gasteiger partial charge in [-0.05, 0) is 87.9 Å². The molecule has 0 spiro atoms. The lowest BCUT2D eigenvalue weighted by Gasteiger charge is -2.38. The van der Waals surface area contributed by atoms with Gasteiger partial charge < -0.3 is 28.7 Å². The number of carbonyl (C=O) groups is 2. The molecule has 0 unspecified atom stereocenters. The van der Waals surface area contributed by atoms with Crippen molar-refractivity contribution in [2.75, 3.05) is 53.6 Å². The molecule has 2 saturated heterocycles. The minimum absolute atomic E-state index is 0.0195. The third-order valence-electron chi connectivity index (χ3n) is 9.80. The monoisotopic (exact) mass is 662 g/mol. The van der Waals surface area contributed by atoms with E-state index in [9.17, 15) is 20.1 Å². The van der Waals surface area contributed by atoms with E-state index in [1.165, 1.54) is 0 Å². The predicted molar refractivity (Wildman–Crippen MR) is 181 cm³/mol. The number of nitrogens with zero attached hydrogens (tertiary/aromatic N) is 4. The molecule has 4 rings (SSSR count). The molecule has 0 amide bonds. The summed E-state index contributed by atoms with van der Waals surface area (Å²) in [7, 11) is 3.21. The van der Waals surface area contributed by atoms with Crippen LogP contribution in [0.5, 0.6) is 0 Å². The highest BCUT2D eigenvalue weighted by molar-refractivity contribution is 5.95. The van der Waals surface area contributed by atoms with Crippen LogP contribution in [0.4, 0.5) is 0 Å². The van der Waals surface area contributed by atoms with Gasteiger partial charge in [0.1, 0.15) is 34.8 Å². The van der Waals surface area contributed by atoms with Crippen molar-refractivity contribution >= 4 is 11.9 Å². The van der Waals surface area contributed by atoms with Crippen LogP contribution in [0.3, 0.4) is 0 Å². The molecule has 0 N–H and O–H groups in total. The van der Waals surface area contributed by atoms with E-state index in [0.717, 1.165) is 88.9 Å². The molecule has 10 nitrogen and oxygen atoms in total. The van der Waals surface area contributed by atoms with E-state index < -0.39 is 11.9 Å². The Morgan fingerprint density at radius 3 is 1.29 bits per heavy atom. The van der Waals surface area contributed by atoms with Crippen molar-refractivity contribution in [1.29, 1.82) is 10.5 Å². The molecule has 0 atom stereocenters. The summed E-state index contributed by atoms with van der Waals surface area (Å²) in [4.78, 5) is 30.8. The Morgan fingerprint density at radius 1 is 0.625 bits per heavy atom. The molecule has 48 heavy (non-hydrogen) atoms. The number of hydrogen-bond donors (Lipinski definition) is 0. The number of hydrogen-bond acceptors (Lipinski definition) is 10. The maximum Gasteiger partial charge on any atom is 0.349 e. The van der Waals surface area contributed by atoms with Crippen LogP contribution in [-0.2, 0) is 28.5 Å². The first kappa shape index (κ1) is 36.9. The van der Waals surface area contributed by atoms with Crippen LogP contribution in [0.25, 0.3) is 0 Å². The van der Waals surface area contributed by atoms with Gasteiger partial charge in [0.15, 0.2) is 0 Å². The second kappa shape index (κ2) is 16.5. The summed E-state index contributed by atoms with van der Waals surface area (Å²) in [6, 6.07) is 4.23. The molecule has 2 aliphatic heterocycles. The highest BCUT2D eigenvalue weighted by atomic mass is 16.5. The molecule has 0 aromatic rings.